The second-order valence-corrected chi connectivity index (χ2v) is 23.2. The van der Waals surface area contributed by atoms with Gasteiger partial charge in [-0.2, -0.15) is 16.9 Å². The van der Waals surface area contributed by atoms with Gasteiger partial charge in [-0.3, -0.25) is 38.6 Å². The Hall–Kier alpha value is -6.04. The van der Waals surface area contributed by atoms with Crippen molar-refractivity contribution in [2.24, 2.45) is 17.6 Å². The number of nitrogens with two attached hydrogens (primary N) is 1. The number of aromatic nitrogens is 2. The van der Waals surface area contributed by atoms with Gasteiger partial charge in [0.25, 0.3) is 5.91 Å². The molecule has 5 aliphatic heterocycles. The lowest BCUT2D eigenvalue weighted by Gasteiger charge is -2.38. The Kier molecular flexibility index (Phi) is 25.2. The van der Waals surface area contributed by atoms with E-state index in [0.29, 0.717) is 170 Å². The maximum atomic E-state index is 13.3. The van der Waals surface area contributed by atoms with Crippen LogP contribution in [0.5, 0.6) is 11.5 Å². The number of carbonyl (C=O) groups is 6. The van der Waals surface area contributed by atoms with Crippen LogP contribution >= 0.6 is 11.8 Å². The number of fused-ring (bicyclic) bond motifs is 2. The average molecular weight is 1150 g/mol. The van der Waals surface area contributed by atoms with Crippen LogP contribution in [0.3, 0.4) is 0 Å². The molecule has 1 aromatic heterocycles. The molecule has 6 heterocycles. The number of amides is 6. The molecule has 0 unspecified atom stereocenters. The zero-order chi connectivity index (χ0) is 57.3. The van der Waals surface area contributed by atoms with E-state index in [2.05, 4.69) is 36.4 Å². The van der Waals surface area contributed by atoms with Crippen molar-refractivity contribution in [3.63, 3.8) is 0 Å². The topological polar surface area (TPSA) is 253 Å². The minimum Gasteiger partial charge on any atom is -0.457 e. The van der Waals surface area contributed by atoms with E-state index in [4.69, 9.17) is 29.8 Å². The van der Waals surface area contributed by atoms with E-state index in [1.807, 2.05) is 82.0 Å². The van der Waals surface area contributed by atoms with Crippen LogP contribution in [0, 0.1) is 11.8 Å². The lowest BCUT2D eigenvalue weighted by atomic mass is 9.87. The van der Waals surface area contributed by atoms with Gasteiger partial charge in [-0.1, -0.05) is 30.7 Å². The first-order chi connectivity index (χ1) is 40.1. The van der Waals surface area contributed by atoms with Crippen LogP contribution in [0.2, 0.25) is 0 Å². The summed E-state index contributed by atoms with van der Waals surface area (Å²) in [6.07, 6.45) is 12.9. The molecule has 0 saturated carbocycles. The Morgan fingerprint density at radius 3 is 2.00 bits per heavy atom. The van der Waals surface area contributed by atoms with Crippen LogP contribution in [0.1, 0.15) is 99.9 Å². The van der Waals surface area contributed by atoms with Crippen molar-refractivity contribution in [2.45, 2.75) is 101 Å². The van der Waals surface area contributed by atoms with Gasteiger partial charge in [0.2, 0.25) is 29.5 Å². The fourth-order valence-electron chi connectivity index (χ4n) is 11.5. The Morgan fingerprint density at radius 1 is 0.707 bits per heavy atom. The summed E-state index contributed by atoms with van der Waals surface area (Å²) in [5.74, 6) is 3.48. The number of rotatable bonds is 34. The normalized spacial score (nSPS) is 20.2. The van der Waals surface area contributed by atoms with E-state index in [9.17, 15) is 28.8 Å². The van der Waals surface area contributed by atoms with Gasteiger partial charge in [-0.05, 0) is 93.7 Å². The number of nitrogens with zero attached hydrogens (tertiary/aromatic N) is 5. The molecule has 0 radical (unpaired) electrons. The van der Waals surface area contributed by atoms with E-state index in [-0.39, 0.29) is 35.6 Å². The summed E-state index contributed by atoms with van der Waals surface area (Å²) >= 11 is 1.96. The summed E-state index contributed by atoms with van der Waals surface area (Å²) in [5, 5.41) is 20.9. The molecule has 7 N–H and O–H groups in total. The van der Waals surface area contributed by atoms with Crippen molar-refractivity contribution in [1.82, 2.24) is 45.7 Å². The molecule has 0 bridgehead atoms. The number of unbranched alkanes of at least 4 members (excludes halogenated alkanes) is 1. The number of likely N-dealkylation sites (tertiary alicyclic amines) is 1. The molecule has 0 spiro atoms. The van der Waals surface area contributed by atoms with Crippen LogP contribution in [-0.4, -0.2) is 195 Å². The third kappa shape index (κ3) is 19.5. The number of para-hydroxylation sites is 1. The Labute approximate surface area is 487 Å². The predicted molar refractivity (Wildman–Crippen MR) is 315 cm³/mol. The van der Waals surface area contributed by atoms with E-state index in [1.54, 1.807) is 6.08 Å². The van der Waals surface area contributed by atoms with Gasteiger partial charge in [0.1, 0.15) is 28.6 Å². The van der Waals surface area contributed by atoms with Gasteiger partial charge in [0, 0.05) is 152 Å². The molecule has 5 aliphatic rings. The van der Waals surface area contributed by atoms with Gasteiger partial charge in [-0.15, -0.1) is 0 Å². The lowest BCUT2D eigenvalue weighted by Crippen LogP contribution is -2.48. The van der Waals surface area contributed by atoms with Crippen LogP contribution in [0.25, 0.3) is 11.3 Å². The smallest absolute Gasteiger partial charge is 0.254 e. The highest BCUT2D eigenvalue weighted by molar-refractivity contribution is 8.00. The summed E-state index contributed by atoms with van der Waals surface area (Å²) in [6.45, 7) is 11.6. The molecule has 0 aliphatic carbocycles. The Bertz CT molecular complexity index is 2540. The molecule has 448 valence electrons. The molecule has 2 aromatic carbocycles. The highest BCUT2D eigenvalue weighted by Gasteiger charge is 2.43. The number of piperidine rings is 1. The number of hydrogen-bond acceptors (Lipinski definition) is 15. The summed E-state index contributed by atoms with van der Waals surface area (Å²) in [7, 11) is 0. The quantitative estimate of drug-likeness (QED) is 0.0349. The molecule has 82 heavy (non-hydrogen) atoms. The lowest BCUT2D eigenvalue weighted by molar-refractivity contribution is -0.128. The molecule has 4 atom stereocenters. The summed E-state index contributed by atoms with van der Waals surface area (Å²) < 4.78 is 24.7. The summed E-state index contributed by atoms with van der Waals surface area (Å²) in [4.78, 5) is 81.4. The van der Waals surface area contributed by atoms with Gasteiger partial charge >= 0.3 is 0 Å². The molecular weight excluding hydrogens is 1070 g/mol. The van der Waals surface area contributed by atoms with E-state index >= 15 is 0 Å². The molecule has 4 saturated heterocycles. The van der Waals surface area contributed by atoms with Crippen molar-refractivity contribution < 1.29 is 47.7 Å². The molecule has 4 fully saturated rings. The van der Waals surface area contributed by atoms with Crippen LogP contribution < -0.4 is 37.1 Å². The number of nitrogens with one attached hydrogen (secondary N) is 5. The zero-order valence-electron chi connectivity index (χ0n) is 47.7. The van der Waals surface area contributed by atoms with E-state index in [1.165, 1.54) is 0 Å². The number of hydrogen-bond donors (Lipinski definition) is 6. The molecule has 21 nitrogen and oxygen atoms in total. The highest BCUT2D eigenvalue weighted by Crippen LogP contribution is 2.42. The van der Waals surface area contributed by atoms with Gasteiger partial charge in [0.15, 0.2) is 0 Å². The van der Waals surface area contributed by atoms with Crippen LogP contribution in [-0.2, 0) is 38.2 Å². The van der Waals surface area contributed by atoms with Crippen molar-refractivity contribution in [3.05, 3.63) is 72.3 Å². The molecule has 8 rings (SSSR count). The van der Waals surface area contributed by atoms with Crippen molar-refractivity contribution in [2.75, 3.05) is 129 Å². The molecule has 3 aromatic rings. The van der Waals surface area contributed by atoms with Crippen molar-refractivity contribution in [3.8, 4) is 22.8 Å². The monoisotopic (exact) mass is 1150 g/mol. The van der Waals surface area contributed by atoms with Gasteiger partial charge in [0.05, 0.1) is 32.5 Å². The number of thioether (sulfide) groups is 1. The fraction of sp³-hybridized carbons (Fsp3) is 0.617. The first-order valence-corrected chi connectivity index (χ1v) is 31.0. The van der Waals surface area contributed by atoms with Gasteiger partial charge < -0.3 is 56.2 Å². The summed E-state index contributed by atoms with van der Waals surface area (Å²) in [6, 6.07) is 17.5. The van der Waals surface area contributed by atoms with Crippen LogP contribution in [0.15, 0.2) is 66.7 Å². The maximum absolute atomic E-state index is 13.3. The summed E-state index contributed by atoms with van der Waals surface area (Å²) in [5.41, 5.74) is 7.68. The van der Waals surface area contributed by atoms with Crippen molar-refractivity contribution in [1.29, 1.82) is 0 Å². The minimum atomic E-state index is -0.530. The largest absolute Gasteiger partial charge is 0.457 e. The Morgan fingerprint density at radius 2 is 1.33 bits per heavy atom. The fourth-order valence-corrected chi connectivity index (χ4v) is 13.2. The molecule has 22 heteroatoms. The molecular formula is C60H87N11O10S. The van der Waals surface area contributed by atoms with E-state index in [0.717, 1.165) is 94.7 Å². The highest BCUT2D eigenvalue weighted by atomic mass is 32.2. The Balaban J connectivity index is 0.576. The SMILES string of the molecule is NC(=O)c1c(-c2ccc(Oc3ccccc3)cc2)nn2c1NCC[C@H]2C1CCN(C(=O)/C=C/CN2CCN(CCNC(=O)CCCC(=O)NCCCOCCOCCOCCCNC(=O)CCCC[C@H]3SC[C@H]4NC(=O)C[C@H]43)CC2)CC1. The van der Waals surface area contributed by atoms with E-state index < -0.39 is 5.91 Å². The number of carbonyl (C=O) groups excluding carboxylic acids is 6. The third-order valence-corrected chi connectivity index (χ3v) is 17.6. The number of anilines is 1. The second kappa shape index (κ2) is 33.3. The predicted octanol–water partition coefficient (Wildman–Crippen LogP) is 4.74. The first kappa shape index (κ1) is 62.0. The zero-order valence-corrected chi connectivity index (χ0v) is 48.5. The number of primary amides is 1. The maximum Gasteiger partial charge on any atom is 0.254 e. The van der Waals surface area contributed by atoms with Crippen molar-refractivity contribution >= 4 is 53.0 Å². The minimum absolute atomic E-state index is 0.0290. The van der Waals surface area contributed by atoms with Gasteiger partial charge in [-0.25, -0.2) is 4.68 Å². The average Bonchev–Trinajstić information content (AvgIpc) is 3.83. The standard InChI is InChI=1S/C60H87N11O10S/c61-59(77)57-58(45-17-19-47(20-18-45)81-46-10-2-1-3-11-46)67-71-50(21-26-65-60(57)71)44-22-29-70(30-23-44)56(76)16-7-28-68-32-34-69(35-33-68)31-27-64-54(74)15-6-14-53(73)63-25-9-37-79-39-41-80-40-38-78-36-8-24-62-52(72)13-5-4-12-51-48-42-55(75)66-49(48)43-82-51/h1-3,7,10-11,16-20,44,48-51,65H,4-6,8-9,12-15,21-43H2,(H2,61,77)(H,62,72)(H,63,73)(H,64,74)(H,66,75)/b16-7+/t48-,49-,50+,51-/m1/s1. The third-order valence-electron chi connectivity index (χ3n) is 16.1. The number of ether oxygens (including phenoxy) is 4. The molecule has 6 amide bonds. The first-order valence-electron chi connectivity index (χ1n) is 29.9. The number of benzene rings is 2. The number of piperazine rings is 1. The van der Waals surface area contributed by atoms with Crippen LogP contribution in [0.4, 0.5) is 5.82 Å². The second-order valence-electron chi connectivity index (χ2n) is 21.9.